The summed E-state index contributed by atoms with van der Waals surface area (Å²) in [5.41, 5.74) is 0. The van der Waals surface area contributed by atoms with Crippen LogP contribution in [0.2, 0.25) is 0 Å². The van der Waals surface area contributed by atoms with Gasteiger partial charge in [0.1, 0.15) is 19.8 Å². The molecule has 0 aliphatic rings. The van der Waals surface area contributed by atoms with Gasteiger partial charge in [-0.3, -0.25) is 14.2 Å². The molecule has 0 aromatic heterocycles. The molecule has 0 rings (SSSR count). The standard InChI is InChI=1S/C76H134NO8P/c1-6-8-10-12-14-16-18-20-22-24-26-28-29-30-31-32-33-34-35-36-37-38-39-40-41-42-43-44-45-46-47-49-51-53-55-57-59-61-63-65-67-69-76(79)85-74(73-84-86(80,81)83-71-70-77(3,4)5)72-82-75(78)68-66-64-62-60-58-56-54-52-50-48-27-25-23-21-19-17-15-13-11-9-7-2/h8,10,14,16,20,22,25-28,30-31,33-34,36-37,39-40,74H,6-7,9,11-13,15,17-19,21,23-24,29,32,35,38,41-73H2,1-5H3/b10-8-,16-14-,22-20-,27-25-,28-26-,31-30-,34-33-,37-36-,40-39-. The van der Waals surface area contributed by atoms with Crippen molar-refractivity contribution in [2.45, 2.75) is 315 Å². The molecule has 0 aliphatic carbocycles. The van der Waals surface area contributed by atoms with Gasteiger partial charge >= 0.3 is 11.9 Å². The van der Waals surface area contributed by atoms with Gasteiger partial charge in [0.05, 0.1) is 27.7 Å². The number of hydrogen-bond donors (Lipinski definition) is 0. The maximum Gasteiger partial charge on any atom is 0.306 e. The molecule has 496 valence electrons. The summed E-state index contributed by atoms with van der Waals surface area (Å²) in [6, 6.07) is 0. The molecule has 0 bridgehead atoms. The second kappa shape index (κ2) is 66.1. The van der Waals surface area contributed by atoms with Crippen molar-refractivity contribution >= 4 is 19.8 Å². The van der Waals surface area contributed by atoms with E-state index in [0.29, 0.717) is 17.4 Å². The van der Waals surface area contributed by atoms with Crippen LogP contribution in [0.1, 0.15) is 309 Å². The first-order valence-electron chi connectivity index (χ1n) is 35.6. The number of phosphoric ester groups is 1. The van der Waals surface area contributed by atoms with E-state index in [9.17, 15) is 19.0 Å². The highest BCUT2D eigenvalue weighted by Gasteiger charge is 2.22. The molecule has 9 nitrogen and oxygen atoms in total. The summed E-state index contributed by atoms with van der Waals surface area (Å²) in [7, 11) is 1.17. The highest BCUT2D eigenvalue weighted by Crippen LogP contribution is 2.38. The van der Waals surface area contributed by atoms with Crippen molar-refractivity contribution in [3.8, 4) is 0 Å². The number of unbranched alkanes of at least 4 members (excludes halogenated alkanes) is 33. The summed E-state index contributed by atoms with van der Waals surface area (Å²) in [4.78, 5) is 38.0. The first kappa shape index (κ1) is 82.7. The number of phosphoric acid groups is 1. The summed E-state index contributed by atoms with van der Waals surface area (Å²) < 4.78 is 34.3. The summed E-state index contributed by atoms with van der Waals surface area (Å²) >= 11 is 0. The molecule has 0 radical (unpaired) electrons. The molecule has 0 amide bonds. The zero-order valence-electron chi connectivity index (χ0n) is 56.5. The van der Waals surface area contributed by atoms with Crippen LogP contribution in [0.15, 0.2) is 109 Å². The predicted molar refractivity (Wildman–Crippen MR) is 369 cm³/mol. The Morgan fingerprint density at radius 2 is 0.663 bits per heavy atom. The molecular weight excluding hydrogens is 1090 g/mol. The highest BCUT2D eigenvalue weighted by atomic mass is 31.2. The quantitative estimate of drug-likeness (QED) is 0.0195. The number of allylic oxidation sites excluding steroid dienone is 18. The number of rotatable bonds is 65. The van der Waals surface area contributed by atoms with Gasteiger partial charge < -0.3 is 27.9 Å². The number of ether oxygens (including phenoxy) is 2. The molecule has 0 N–H and O–H groups in total. The number of carbonyl (C=O) groups is 2. The molecule has 0 spiro atoms. The van der Waals surface area contributed by atoms with Crippen LogP contribution in [0, 0.1) is 0 Å². The van der Waals surface area contributed by atoms with E-state index in [-0.39, 0.29) is 32.0 Å². The Balaban J connectivity index is 4.00. The minimum absolute atomic E-state index is 0.0331. The van der Waals surface area contributed by atoms with Gasteiger partial charge in [0.2, 0.25) is 0 Å². The van der Waals surface area contributed by atoms with E-state index < -0.39 is 26.5 Å². The summed E-state index contributed by atoms with van der Waals surface area (Å²) in [6.45, 7) is 4.15. The first-order chi connectivity index (χ1) is 42.0. The molecule has 0 aromatic rings. The van der Waals surface area contributed by atoms with E-state index in [1.165, 1.54) is 186 Å². The lowest BCUT2D eigenvalue weighted by Crippen LogP contribution is -2.37. The Hall–Kier alpha value is -3.33. The fourth-order valence-electron chi connectivity index (χ4n) is 9.85. The molecule has 86 heavy (non-hydrogen) atoms. The van der Waals surface area contributed by atoms with Crippen LogP contribution in [0.3, 0.4) is 0 Å². The first-order valence-corrected chi connectivity index (χ1v) is 37.1. The maximum absolute atomic E-state index is 12.9. The zero-order chi connectivity index (χ0) is 62.6. The maximum atomic E-state index is 12.9. The topological polar surface area (TPSA) is 111 Å². The molecule has 2 unspecified atom stereocenters. The smallest absolute Gasteiger partial charge is 0.306 e. The number of esters is 2. The SMILES string of the molecule is CC/C=C\C/C=C\C/C=C\C/C=C\C/C=C\C/C=C\C/C=C\C/C=C\CCCCCCCCCCCCCCCCCCC(=O)OC(COC(=O)CCCCCCCCCCC/C=C\CCCCCCCCCC)COP(=O)([O-])OCC[N+](C)(C)C. The minimum Gasteiger partial charge on any atom is -0.756 e. The van der Waals surface area contributed by atoms with Gasteiger partial charge in [-0.25, -0.2) is 0 Å². The molecule has 0 aliphatic heterocycles. The third-order valence-corrected chi connectivity index (χ3v) is 16.2. The molecule has 2 atom stereocenters. The van der Waals surface area contributed by atoms with Crippen LogP contribution in [-0.4, -0.2) is 70.0 Å². The summed E-state index contributed by atoms with van der Waals surface area (Å²) in [5.74, 6) is -0.828. The number of carbonyl (C=O) groups excluding carboxylic acids is 2. The number of hydrogen-bond acceptors (Lipinski definition) is 8. The third-order valence-electron chi connectivity index (χ3n) is 15.3. The van der Waals surface area contributed by atoms with Gasteiger partial charge in [-0.05, 0) is 103 Å². The van der Waals surface area contributed by atoms with Crippen molar-refractivity contribution in [1.29, 1.82) is 0 Å². The molecule has 10 heteroatoms. The monoisotopic (exact) mass is 1220 g/mol. The van der Waals surface area contributed by atoms with E-state index in [2.05, 4.69) is 123 Å². The van der Waals surface area contributed by atoms with E-state index in [1.807, 2.05) is 21.1 Å². The van der Waals surface area contributed by atoms with E-state index in [1.54, 1.807) is 0 Å². The Morgan fingerprint density at radius 1 is 0.372 bits per heavy atom. The molecule has 0 saturated heterocycles. The Morgan fingerprint density at radius 3 is 1.00 bits per heavy atom. The largest absolute Gasteiger partial charge is 0.756 e. The minimum atomic E-state index is -4.64. The average molecular weight is 1220 g/mol. The van der Waals surface area contributed by atoms with Crippen LogP contribution >= 0.6 is 7.82 Å². The van der Waals surface area contributed by atoms with Crippen LogP contribution in [0.5, 0.6) is 0 Å². The van der Waals surface area contributed by atoms with Gasteiger partial charge in [0.15, 0.2) is 6.10 Å². The lowest BCUT2D eigenvalue weighted by Gasteiger charge is -2.28. The fourth-order valence-corrected chi connectivity index (χ4v) is 10.6. The molecule has 0 aromatic carbocycles. The summed E-state index contributed by atoms with van der Waals surface area (Å²) in [5, 5.41) is 0. The van der Waals surface area contributed by atoms with Gasteiger partial charge in [-0.15, -0.1) is 0 Å². The third kappa shape index (κ3) is 69.8. The average Bonchev–Trinajstić information content (AvgIpc) is 3.70. The highest BCUT2D eigenvalue weighted by molar-refractivity contribution is 7.45. The summed E-state index contributed by atoms with van der Waals surface area (Å²) in [6.07, 6.45) is 93.1. The lowest BCUT2D eigenvalue weighted by molar-refractivity contribution is -0.870. The van der Waals surface area contributed by atoms with Crippen molar-refractivity contribution in [2.75, 3.05) is 47.5 Å². The second-order valence-electron chi connectivity index (χ2n) is 24.9. The van der Waals surface area contributed by atoms with E-state index in [4.69, 9.17) is 18.5 Å². The Labute approximate surface area is 531 Å². The molecule has 0 fully saturated rings. The molecular formula is C76H134NO8P. The van der Waals surface area contributed by atoms with Gasteiger partial charge in [0, 0.05) is 12.8 Å². The van der Waals surface area contributed by atoms with E-state index in [0.717, 1.165) is 89.9 Å². The number of quaternary nitrogens is 1. The number of nitrogens with zero attached hydrogens (tertiary/aromatic N) is 1. The van der Waals surface area contributed by atoms with Crippen molar-refractivity contribution in [3.63, 3.8) is 0 Å². The second-order valence-corrected chi connectivity index (χ2v) is 26.3. The van der Waals surface area contributed by atoms with Crippen molar-refractivity contribution in [3.05, 3.63) is 109 Å². The van der Waals surface area contributed by atoms with Gasteiger partial charge in [-0.1, -0.05) is 303 Å². The van der Waals surface area contributed by atoms with Crippen LogP contribution in [0.4, 0.5) is 0 Å². The van der Waals surface area contributed by atoms with Crippen LogP contribution < -0.4 is 4.89 Å². The zero-order valence-corrected chi connectivity index (χ0v) is 57.4. The van der Waals surface area contributed by atoms with Crippen LogP contribution in [-0.2, 0) is 32.7 Å². The molecule has 0 heterocycles. The predicted octanol–water partition coefficient (Wildman–Crippen LogP) is 22.6. The van der Waals surface area contributed by atoms with E-state index >= 15 is 0 Å². The van der Waals surface area contributed by atoms with Gasteiger partial charge in [-0.2, -0.15) is 0 Å². The fraction of sp³-hybridized carbons (Fsp3) is 0.737. The van der Waals surface area contributed by atoms with Crippen LogP contribution in [0.25, 0.3) is 0 Å². The van der Waals surface area contributed by atoms with Crippen molar-refractivity contribution < 1.29 is 42.1 Å². The lowest BCUT2D eigenvalue weighted by atomic mass is 10.0. The Kier molecular flexibility index (Phi) is 63.5. The van der Waals surface area contributed by atoms with Crippen molar-refractivity contribution in [1.82, 2.24) is 0 Å². The number of likely N-dealkylation sites (N-methyl/N-ethyl adjacent to an activating group) is 1. The van der Waals surface area contributed by atoms with Crippen molar-refractivity contribution in [2.24, 2.45) is 0 Å². The Bertz CT molecular complexity index is 1820. The molecule has 0 saturated carbocycles. The van der Waals surface area contributed by atoms with Gasteiger partial charge in [0.25, 0.3) is 7.82 Å². The normalized spacial score (nSPS) is 13.8.